The minimum absolute atomic E-state index is 0.224. The van der Waals surface area contributed by atoms with E-state index in [1.165, 1.54) is 0 Å². The summed E-state index contributed by atoms with van der Waals surface area (Å²) in [7, 11) is 0. The SMILES string of the molecule is CC1(C)S[C@@H]2C(NC(=O)C(NC(=O)CN)c3ccccc3)C(=O)N2C1c1nn[nH]n1. The monoisotopic (exact) mass is 430 g/mol. The molecule has 2 aromatic rings. The van der Waals surface area contributed by atoms with Crippen molar-refractivity contribution in [1.82, 2.24) is 36.2 Å². The third kappa shape index (κ3) is 3.41. The largest absolute Gasteiger partial charge is 0.340 e. The summed E-state index contributed by atoms with van der Waals surface area (Å²) < 4.78 is -0.365. The van der Waals surface area contributed by atoms with Crippen LogP contribution in [0.5, 0.6) is 0 Å². The Morgan fingerprint density at radius 3 is 2.70 bits per heavy atom. The number of β-lactam (4-membered cyclic amide) rings is 1. The molecule has 5 N–H and O–H groups in total. The number of nitrogens with zero attached hydrogens (tertiary/aromatic N) is 4. The normalized spacial score (nSPS) is 25.2. The minimum Gasteiger partial charge on any atom is -0.340 e. The van der Waals surface area contributed by atoms with Gasteiger partial charge < -0.3 is 21.3 Å². The molecule has 2 aliphatic rings. The predicted octanol–water partition coefficient (Wildman–Crippen LogP) is -0.764. The van der Waals surface area contributed by atoms with Crippen LogP contribution in [0.15, 0.2) is 30.3 Å². The lowest BCUT2D eigenvalue weighted by Gasteiger charge is -2.44. The number of carbonyl (C=O) groups is 3. The number of H-pyrrole nitrogens is 1. The van der Waals surface area contributed by atoms with Gasteiger partial charge in [-0.25, -0.2) is 0 Å². The van der Waals surface area contributed by atoms with Gasteiger partial charge in [-0.05, 0) is 19.4 Å². The second-order valence-electron chi connectivity index (χ2n) is 7.63. The molecule has 0 spiro atoms. The Morgan fingerprint density at radius 2 is 2.07 bits per heavy atom. The number of rotatable bonds is 6. The minimum atomic E-state index is -0.948. The highest BCUT2D eigenvalue weighted by Gasteiger charge is 2.63. The van der Waals surface area contributed by atoms with Gasteiger partial charge in [-0.3, -0.25) is 14.4 Å². The van der Waals surface area contributed by atoms with E-state index in [4.69, 9.17) is 5.73 Å². The molecule has 3 amide bonds. The molecule has 4 atom stereocenters. The van der Waals surface area contributed by atoms with E-state index in [1.54, 1.807) is 40.9 Å². The molecule has 1 aromatic carbocycles. The summed E-state index contributed by atoms with van der Waals surface area (Å²) >= 11 is 1.57. The Kier molecular flexibility index (Phi) is 5.20. The summed E-state index contributed by atoms with van der Waals surface area (Å²) in [6.07, 6.45) is 0. The molecule has 0 radical (unpaired) electrons. The van der Waals surface area contributed by atoms with Crippen LogP contribution in [0.2, 0.25) is 0 Å². The van der Waals surface area contributed by atoms with Crippen LogP contribution in [-0.2, 0) is 14.4 Å². The van der Waals surface area contributed by atoms with Crippen molar-refractivity contribution in [1.29, 1.82) is 0 Å². The molecule has 11 nitrogen and oxygen atoms in total. The maximum Gasteiger partial charge on any atom is 0.249 e. The second-order valence-corrected chi connectivity index (χ2v) is 9.40. The fraction of sp³-hybridized carbons (Fsp3) is 0.444. The van der Waals surface area contributed by atoms with E-state index < -0.39 is 23.9 Å². The lowest BCUT2D eigenvalue weighted by molar-refractivity contribution is -0.152. The number of hydrogen-bond donors (Lipinski definition) is 4. The zero-order valence-electron chi connectivity index (χ0n) is 16.4. The van der Waals surface area contributed by atoms with Gasteiger partial charge in [0.1, 0.15) is 23.5 Å². The molecule has 158 valence electrons. The van der Waals surface area contributed by atoms with Crippen LogP contribution in [-0.4, -0.2) is 66.0 Å². The number of thioether (sulfide) groups is 1. The van der Waals surface area contributed by atoms with Crippen molar-refractivity contribution in [3.63, 3.8) is 0 Å². The lowest BCUT2D eigenvalue weighted by Crippen LogP contribution is -2.68. The van der Waals surface area contributed by atoms with Crippen LogP contribution < -0.4 is 16.4 Å². The Balaban J connectivity index is 1.52. The van der Waals surface area contributed by atoms with Crippen LogP contribution in [0.4, 0.5) is 0 Å². The van der Waals surface area contributed by atoms with Crippen molar-refractivity contribution in [2.24, 2.45) is 5.73 Å². The first-order valence-electron chi connectivity index (χ1n) is 9.41. The van der Waals surface area contributed by atoms with Gasteiger partial charge in [0, 0.05) is 4.75 Å². The van der Waals surface area contributed by atoms with Crippen LogP contribution in [0.25, 0.3) is 0 Å². The summed E-state index contributed by atoms with van der Waals surface area (Å²) in [5.74, 6) is -0.722. The quantitative estimate of drug-likeness (QED) is 0.435. The first kappa shape index (κ1) is 20.3. The van der Waals surface area contributed by atoms with Crippen molar-refractivity contribution in [3.8, 4) is 0 Å². The molecule has 4 rings (SSSR count). The molecule has 0 aliphatic carbocycles. The number of aromatic amines is 1. The van der Waals surface area contributed by atoms with Crippen LogP contribution in [0.1, 0.15) is 37.3 Å². The van der Waals surface area contributed by atoms with Crippen LogP contribution in [0, 0.1) is 0 Å². The molecule has 2 fully saturated rings. The Morgan fingerprint density at radius 1 is 1.33 bits per heavy atom. The van der Waals surface area contributed by atoms with E-state index in [1.807, 2.05) is 19.9 Å². The van der Waals surface area contributed by atoms with Crippen LogP contribution >= 0.6 is 11.8 Å². The van der Waals surface area contributed by atoms with Gasteiger partial charge in [-0.15, -0.1) is 22.0 Å². The van der Waals surface area contributed by atoms with Crippen LogP contribution in [0.3, 0.4) is 0 Å². The number of tetrazole rings is 1. The van der Waals surface area contributed by atoms with Gasteiger partial charge in [0.05, 0.1) is 6.54 Å². The summed E-state index contributed by atoms with van der Waals surface area (Å²) in [5.41, 5.74) is 5.99. The number of fused-ring (bicyclic) bond motifs is 1. The molecule has 0 saturated carbocycles. The molecule has 2 aliphatic heterocycles. The molecule has 0 bridgehead atoms. The van der Waals surface area contributed by atoms with Crippen molar-refractivity contribution in [3.05, 3.63) is 41.7 Å². The number of nitrogens with one attached hydrogen (secondary N) is 3. The number of nitrogens with two attached hydrogens (primary N) is 1. The summed E-state index contributed by atoms with van der Waals surface area (Å²) in [5, 5.41) is 19.3. The standard InChI is InChI=1S/C18H22N8O3S/c1-18(2)13(14-22-24-25-23-14)26-16(29)12(17(26)30-18)21-15(28)11(20-10(27)8-19)9-6-4-3-5-7-9/h3-7,11-13,17H,8,19H2,1-2H3,(H,20,27)(H,21,28)(H,22,23,24,25)/t11?,12?,13?,17-/m1/s1. The highest BCUT2D eigenvalue weighted by atomic mass is 32.2. The Bertz CT molecular complexity index is 952. The average Bonchev–Trinajstić information content (AvgIpc) is 3.34. The maximum absolute atomic E-state index is 13.0. The Labute approximate surface area is 176 Å². The van der Waals surface area contributed by atoms with E-state index in [0.717, 1.165) is 0 Å². The van der Waals surface area contributed by atoms with Gasteiger partial charge in [0.15, 0.2) is 5.82 Å². The van der Waals surface area contributed by atoms with E-state index in [-0.39, 0.29) is 28.6 Å². The number of amides is 3. The second kappa shape index (κ2) is 7.69. The number of aromatic nitrogens is 4. The number of carbonyl (C=O) groups excluding carboxylic acids is 3. The fourth-order valence-corrected chi connectivity index (χ4v) is 5.48. The average molecular weight is 430 g/mol. The predicted molar refractivity (Wildman–Crippen MR) is 108 cm³/mol. The topological polar surface area (TPSA) is 159 Å². The maximum atomic E-state index is 13.0. The molecule has 12 heteroatoms. The van der Waals surface area contributed by atoms with Gasteiger partial charge in [0.2, 0.25) is 17.7 Å². The zero-order valence-corrected chi connectivity index (χ0v) is 17.2. The first-order chi connectivity index (χ1) is 14.3. The third-order valence-electron chi connectivity index (χ3n) is 5.23. The van der Waals surface area contributed by atoms with Crippen molar-refractivity contribution in [2.45, 2.75) is 42.1 Å². The molecule has 3 unspecified atom stereocenters. The molecule has 1 aromatic heterocycles. The highest BCUT2D eigenvalue weighted by molar-refractivity contribution is 8.01. The van der Waals surface area contributed by atoms with E-state index in [9.17, 15) is 14.4 Å². The zero-order chi connectivity index (χ0) is 21.5. The lowest BCUT2D eigenvalue weighted by atomic mass is 9.95. The third-order valence-corrected chi connectivity index (χ3v) is 6.80. The highest BCUT2D eigenvalue weighted by Crippen LogP contribution is 2.56. The van der Waals surface area contributed by atoms with Crippen molar-refractivity contribution in [2.75, 3.05) is 6.54 Å². The summed E-state index contributed by atoms with van der Waals surface area (Å²) in [6, 6.07) is 6.80. The molecule has 30 heavy (non-hydrogen) atoms. The summed E-state index contributed by atoms with van der Waals surface area (Å²) in [4.78, 5) is 39.5. The molecular formula is C18H22N8O3S. The number of benzene rings is 1. The summed E-state index contributed by atoms with van der Waals surface area (Å²) in [6.45, 7) is 3.75. The molecule has 2 saturated heterocycles. The fourth-order valence-electron chi connectivity index (χ4n) is 3.85. The van der Waals surface area contributed by atoms with E-state index in [0.29, 0.717) is 11.4 Å². The van der Waals surface area contributed by atoms with Gasteiger partial charge >= 0.3 is 0 Å². The van der Waals surface area contributed by atoms with Gasteiger partial charge in [-0.2, -0.15) is 5.21 Å². The van der Waals surface area contributed by atoms with E-state index >= 15 is 0 Å². The molecule has 3 heterocycles. The first-order valence-corrected chi connectivity index (χ1v) is 10.3. The molecular weight excluding hydrogens is 408 g/mol. The van der Waals surface area contributed by atoms with Gasteiger partial charge in [-0.1, -0.05) is 35.5 Å². The van der Waals surface area contributed by atoms with Crippen molar-refractivity contribution < 1.29 is 14.4 Å². The number of hydrogen-bond acceptors (Lipinski definition) is 8. The Hall–Kier alpha value is -2.99. The van der Waals surface area contributed by atoms with E-state index in [2.05, 4.69) is 31.3 Å². The smallest absolute Gasteiger partial charge is 0.249 e. The van der Waals surface area contributed by atoms with Crippen molar-refractivity contribution >= 4 is 29.5 Å². The van der Waals surface area contributed by atoms with Gasteiger partial charge in [0.25, 0.3) is 0 Å².